The number of hydrogen-bond acceptors (Lipinski definition) is 8. The van der Waals surface area contributed by atoms with Gasteiger partial charge in [-0.05, 0) is 22.3 Å². The molecule has 0 aliphatic heterocycles. The van der Waals surface area contributed by atoms with E-state index in [1.165, 1.54) is 0 Å². The maximum atomic E-state index is 10.6. The number of fused-ring (bicyclic) bond motifs is 4. The molecule has 158 valence electrons. The summed E-state index contributed by atoms with van der Waals surface area (Å²) in [6.45, 7) is 0. The Morgan fingerprint density at radius 1 is 0.400 bits per heavy atom. The van der Waals surface area contributed by atoms with Crippen molar-refractivity contribution in [1.82, 2.24) is 0 Å². The SMILES string of the molecule is C#Cc1c2c(c(C#C)c3c1C1C(O)C(O)C3C(O)C1O)C1C(O)C(O)C2C(O)C1O. The highest BCUT2D eigenvalue weighted by atomic mass is 16.4. The Morgan fingerprint density at radius 2 is 0.567 bits per heavy atom. The van der Waals surface area contributed by atoms with E-state index in [2.05, 4.69) is 11.8 Å². The Hall–Kier alpha value is -1.98. The lowest BCUT2D eigenvalue weighted by molar-refractivity contribution is -0.152. The number of aliphatic hydroxyl groups excluding tert-OH is 8. The molecule has 8 N–H and O–H groups in total. The molecule has 1 aromatic carbocycles. The van der Waals surface area contributed by atoms with E-state index < -0.39 is 72.5 Å². The van der Waals surface area contributed by atoms with Gasteiger partial charge in [0.25, 0.3) is 0 Å². The molecule has 0 spiro atoms. The zero-order chi connectivity index (χ0) is 21.8. The van der Waals surface area contributed by atoms with Crippen LogP contribution in [0.3, 0.4) is 0 Å². The maximum Gasteiger partial charge on any atom is 0.0900 e. The Bertz CT molecular complexity index is 843. The molecule has 8 unspecified atom stereocenters. The zero-order valence-electron chi connectivity index (χ0n) is 15.7. The summed E-state index contributed by atoms with van der Waals surface area (Å²) < 4.78 is 0. The van der Waals surface area contributed by atoms with E-state index in [9.17, 15) is 40.9 Å². The number of benzene rings is 1. The van der Waals surface area contributed by atoms with Crippen LogP contribution in [0.5, 0.6) is 0 Å². The molecule has 2 saturated carbocycles. The molecule has 30 heavy (non-hydrogen) atoms. The molecule has 8 nitrogen and oxygen atoms in total. The van der Waals surface area contributed by atoms with Crippen LogP contribution in [-0.2, 0) is 0 Å². The largest absolute Gasteiger partial charge is 0.390 e. The first-order valence-electron chi connectivity index (χ1n) is 9.80. The third-order valence-corrected chi connectivity index (χ3v) is 7.62. The lowest BCUT2D eigenvalue weighted by atomic mass is 9.53. The fraction of sp³-hybridized carbons (Fsp3) is 0.545. The molecular formula is C22H22O8. The molecule has 0 aromatic heterocycles. The summed E-state index contributed by atoms with van der Waals surface area (Å²) in [7, 11) is 0. The van der Waals surface area contributed by atoms with Gasteiger partial charge in [-0.3, -0.25) is 0 Å². The van der Waals surface area contributed by atoms with Crippen LogP contribution in [0.2, 0.25) is 0 Å². The second kappa shape index (κ2) is 6.27. The van der Waals surface area contributed by atoms with Crippen LogP contribution in [0.25, 0.3) is 0 Å². The van der Waals surface area contributed by atoms with E-state index in [0.29, 0.717) is 22.3 Å². The lowest BCUT2D eigenvalue weighted by Crippen LogP contribution is -2.62. The second-order valence-electron chi connectivity index (χ2n) is 8.72. The van der Waals surface area contributed by atoms with Gasteiger partial charge in [-0.2, -0.15) is 0 Å². The summed E-state index contributed by atoms with van der Waals surface area (Å²) in [5, 5.41) is 84.7. The van der Waals surface area contributed by atoms with Crippen LogP contribution in [0.1, 0.15) is 57.1 Å². The summed E-state index contributed by atoms with van der Waals surface area (Å²) in [4.78, 5) is 0. The first kappa shape index (κ1) is 20.0. The summed E-state index contributed by atoms with van der Waals surface area (Å²) in [5.74, 6) is 0.468. The molecule has 6 aliphatic rings. The highest BCUT2D eigenvalue weighted by molar-refractivity contribution is 5.70. The van der Waals surface area contributed by atoms with Crippen molar-refractivity contribution < 1.29 is 40.9 Å². The van der Waals surface area contributed by atoms with Gasteiger partial charge in [0.2, 0.25) is 0 Å². The van der Waals surface area contributed by atoms with Gasteiger partial charge >= 0.3 is 0 Å². The van der Waals surface area contributed by atoms with Crippen molar-refractivity contribution >= 4 is 0 Å². The van der Waals surface area contributed by atoms with Crippen molar-refractivity contribution in [2.45, 2.75) is 72.5 Å². The van der Waals surface area contributed by atoms with Gasteiger partial charge in [0, 0.05) is 34.8 Å². The van der Waals surface area contributed by atoms with Crippen molar-refractivity contribution in [3.63, 3.8) is 0 Å². The van der Waals surface area contributed by atoms with Crippen LogP contribution < -0.4 is 0 Å². The van der Waals surface area contributed by atoms with Gasteiger partial charge in [0.15, 0.2) is 0 Å². The molecule has 2 fully saturated rings. The summed E-state index contributed by atoms with van der Waals surface area (Å²) in [5.41, 5.74) is 1.53. The highest BCUT2D eigenvalue weighted by Crippen LogP contribution is 2.59. The van der Waals surface area contributed by atoms with Crippen molar-refractivity contribution in [1.29, 1.82) is 0 Å². The topological polar surface area (TPSA) is 162 Å². The normalized spacial score (nSPS) is 47.9. The smallest absolute Gasteiger partial charge is 0.0900 e. The fourth-order valence-corrected chi connectivity index (χ4v) is 6.40. The summed E-state index contributed by atoms with van der Waals surface area (Å²) in [6, 6.07) is 0. The predicted octanol–water partition coefficient (Wildman–Crippen LogP) is -3.07. The van der Waals surface area contributed by atoms with Crippen molar-refractivity contribution in [2.75, 3.05) is 0 Å². The molecular weight excluding hydrogens is 392 g/mol. The Balaban J connectivity index is 1.94. The molecule has 8 heteroatoms. The zero-order valence-corrected chi connectivity index (χ0v) is 15.7. The lowest BCUT2D eigenvalue weighted by Gasteiger charge is -2.55. The number of aliphatic hydroxyl groups is 8. The van der Waals surface area contributed by atoms with Gasteiger partial charge in [-0.25, -0.2) is 0 Å². The molecule has 0 radical (unpaired) electrons. The van der Waals surface area contributed by atoms with E-state index >= 15 is 0 Å². The van der Waals surface area contributed by atoms with E-state index in [-0.39, 0.29) is 11.1 Å². The minimum atomic E-state index is -1.41. The van der Waals surface area contributed by atoms with Gasteiger partial charge in [0.1, 0.15) is 0 Å². The van der Waals surface area contributed by atoms with Crippen molar-refractivity contribution in [2.24, 2.45) is 0 Å². The molecule has 0 saturated heterocycles. The standard InChI is InChI=1S/C22H22O8/c1-3-5-7-9(13-19(27)15(23)11(7)16(24)20(13)28)6(4-2)10-8(5)12-17(25)21(29)14(10)22(30)18(12)26/h1-2,11-30H. The Morgan fingerprint density at radius 3 is 0.700 bits per heavy atom. The first-order valence-corrected chi connectivity index (χ1v) is 9.80. The van der Waals surface area contributed by atoms with E-state index in [1.807, 2.05) is 0 Å². The average molecular weight is 414 g/mol. The van der Waals surface area contributed by atoms with Crippen molar-refractivity contribution in [3.8, 4) is 24.7 Å². The van der Waals surface area contributed by atoms with Crippen LogP contribution >= 0.6 is 0 Å². The van der Waals surface area contributed by atoms with Crippen molar-refractivity contribution in [3.05, 3.63) is 33.4 Å². The number of rotatable bonds is 0. The van der Waals surface area contributed by atoms with Crippen LogP contribution in [0.4, 0.5) is 0 Å². The van der Waals surface area contributed by atoms with Crippen LogP contribution in [0, 0.1) is 24.7 Å². The molecule has 6 aliphatic carbocycles. The molecule has 4 bridgehead atoms. The summed E-state index contributed by atoms with van der Waals surface area (Å²) in [6.07, 6.45) is 0.283. The van der Waals surface area contributed by atoms with E-state index in [0.717, 1.165) is 0 Å². The maximum absolute atomic E-state index is 10.6. The second-order valence-corrected chi connectivity index (χ2v) is 8.72. The van der Waals surface area contributed by atoms with Gasteiger partial charge in [-0.15, -0.1) is 12.8 Å². The third kappa shape index (κ3) is 2.01. The Labute approximate surface area is 172 Å². The van der Waals surface area contributed by atoms with Gasteiger partial charge in [0.05, 0.1) is 48.8 Å². The highest BCUT2D eigenvalue weighted by Gasteiger charge is 2.62. The summed E-state index contributed by atoms with van der Waals surface area (Å²) >= 11 is 0. The van der Waals surface area contributed by atoms with Crippen LogP contribution in [0.15, 0.2) is 0 Å². The Kier molecular flexibility index (Phi) is 4.17. The van der Waals surface area contributed by atoms with Gasteiger partial charge in [-0.1, -0.05) is 11.8 Å². The minimum Gasteiger partial charge on any atom is -0.390 e. The number of terminal acetylenes is 2. The first-order chi connectivity index (χ1) is 14.2. The average Bonchev–Trinajstić information content (AvgIpc) is 2.71. The van der Waals surface area contributed by atoms with Gasteiger partial charge < -0.3 is 40.9 Å². The molecule has 7 rings (SSSR count). The molecule has 1 aromatic rings. The third-order valence-electron chi connectivity index (χ3n) is 7.62. The molecule has 0 heterocycles. The monoisotopic (exact) mass is 414 g/mol. The van der Waals surface area contributed by atoms with E-state index in [1.54, 1.807) is 0 Å². The van der Waals surface area contributed by atoms with Crippen LogP contribution in [-0.4, -0.2) is 89.7 Å². The molecule has 0 amide bonds. The van der Waals surface area contributed by atoms with E-state index in [4.69, 9.17) is 12.8 Å². The predicted molar refractivity (Wildman–Crippen MR) is 101 cm³/mol. The molecule has 8 atom stereocenters. The fourth-order valence-electron chi connectivity index (χ4n) is 6.40. The minimum absolute atomic E-state index is 0.179. The quantitative estimate of drug-likeness (QED) is 0.207. The number of hydrogen-bond donors (Lipinski definition) is 8.